The fourth-order valence-corrected chi connectivity index (χ4v) is 4.69. The number of hydrogen-bond acceptors (Lipinski definition) is 10. The van der Waals surface area contributed by atoms with Crippen molar-refractivity contribution in [2.24, 2.45) is 0 Å². The maximum atomic E-state index is 13.5. The summed E-state index contributed by atoms with van der Waals surface area (Å²) in [6.45, 7) is 1.10. The molecule has 37 heavy (non-hydrogen) atoms. The molecule has 3 aromatic heterocycles. The number of fused-ring (bicyclic) bond motifs is 1. The van der Waals surface area contributed by atoms with Crippen molar-refractivity contribution in [1.29, 1.82) is 0 Å². The third-order valence-electron chi connectivity index (χ3n) is 6.58. The van der Waals surface area contributed by atoms with E-state index in [9.17, 15) is 17.6 Å². The van der Waals surface area contributed by atoms with E-state index >= 15 is 0 Å². The van der Waals surface area contributed by atoms with Gasteiger partial charge in [-0.05, 0) is 48.9 Å². The highest BCUT2D eigenvalue weighted by molar-refractivity contribution is 5.52. The van der Waals surface area contributed by atoms with Crippen LogP contribution >= 0.6 is 0 Å². The molecular weight excluding hydrogens is 496 g/mol. The summed E-state index contributed by atoms with van der Waals surface area (Å²) in [5.41, 5.74) is 2.07. The summed E-state index contributed by atoms with van der Waals surface area (Å²) in [6.07, 6.45) is 2.62. The van der Waals surface area contributed by atoms with Crippen LogP contribution in [0, 0.1) is 11.6 Å². The van der Waals surface area contributed by atoms with E-state index in [1.54, 1.807) is 12.4 Å². The number of aromatic nitrogens is 6. The van der Waals surface area contributed by atoms with Crippen LogP contribution in [-0.4, -0.2) is 49.5 Å². The molecule has 0 unspecified atom stereocenters. The number of benzene rings is 1. The number of hydrogen-bond donors (Lipinski definition) is 1. The second kappa shape index (κ2) is 9.41. The van der Waals surface area contributed by atoms with Crippen molar-refractivity contribution in [3.05, 3.63) is 59.1 Å². The first kappa shape index (κ1) is 23.3. The minimum atomic E-state index is -2.79. The molecule has 0 saturated carbocycles. The van der Waals surface area contributed by atoms with Crippen LogP contribution in [0.3, 0.4) is 0 Å². The van der Waals surface area contributed by atoms with E-state index in [1.807, 2.05) is 4.90 Å². The van der Waals surface area contributed by atoms with E-state index in [4.69, 9.17) is 8.83 Å². The normalized spacial score (nSPS) is 16.5. The van der Waals surface area contributed by atoms with Crippen LogP contribution in [0.5, 0.6) is 0 Å². The lowest BCUT2D eigenvalue weighted by Gasteiger charge is -2.28. The average Bonchev–Trinajstić information content (AvgIpc) is 3.65. The Kier molecular flexibility index (Phi) is 5.93. The summed E-state index contributed by atoms with van der Waals surface area (Å²) >= 11 is 0. The third kappa shape index (κ3) is 4.70. The molecule has 1 aliphatic carbocycles. The van der Waals surface area contributed by atoms with E-state index in [0.717, 1.165) is 11.1 Å². The molecule has 1 aromatic carbocycles. The van der Waals surface area contributed by atoms with Gasteiger partial charge in [-0.25, -0.2) is 18.7 Å². The highest BCUT2D eigenvalue weighted by Gasteiger charge is 2.29. The molecule has 0 amide bonds. The van der Waals surface area contributed by atoms with Gasteiger partial charge in [-0.3, -0.25) is 0 Å². The van der Waals surface area contributed by atoms with Crippen LogP contribution in [0.25, 0.3) is 11.5 Å². The van der Waals surface area contributed by atoms with E-state index in [1.165, 1.54) is 12.1 Å². The van der Waals surface area contributed by atoms with Crippen LogP contribution < -0.4 is 10.2 Å². The molecule has 6 rings (SSSR count). The predicted octanol–water partition coefficient (Wildman–Crippen LogP) is 4.09. The lowest BCUT2D eigenvalue weighted by molar-refractivity contribution is 0.112. The Bertz CT molecular complexity index is 1370. The van der Waals surface area contributed by atoms with Crippen LogP contribution in [-0.2, 0) is 12.8 Å². The summed E-state index contributed by atoms with van der Waals surface area (Å²) in [5, 5.41) is 18.5. The summed E-state index contributed by atoms with van der Waals surface area (Å²) < 4.78 is 63.3. The van der Waals surface area contributed by atoms with E-state index in [-0.39, 0.29) is 23.7 Å². The van der Waals surface area contributed by atoms with Gasteiger partial charge in [0.2, 0.25) is 11.8 Å². The molecule has 0 bridgehead atoms. The first-order valence-electron chi connectivity index (χ1n) is 11.7. The number of alkyl halides is 2. The minimum absolute atomic E-state index is 0.0749. The minimum Gasteiger partial charge on any atom is -0.419 e. The SMILES string of the molecule is Fc1cc2c(cc1F)CC(Nc1ncc(-c3nnc(N4CCC(c5nnc(C(F)F)o5)CC4)o3)cn1)C2. The second-order valence-corrected chi connectivity index (χ2v) is 9.01. The van der Waals surface area contributed by atoms with Crippen molar-refractivity contribution < 1.29 is 26.4 Å². The van der Waals surface area contributed by atoms with Gasteiger partial charge in [0.1, 0.15) is 0 Å². The highest BCUT2D eigenvalue weighted by Crippen LogP contribution is 2.32. The zero-order chi connectivity index (χ0) is 25.5. The maximum absolute atomic E-state index is 13.5. The Morgan fingerprint density at radius 3 is 2.19 bits per heavy atom. The molecule has 14 heteroatoms. The second-order valence-electron chi connectivity index (χ2n) is 9.01. The molecule has 0 atom stereocenters. The third-order valence-corrected chi connectivity index (χ3v) is 6.58. The smallest absolute Gasteiger partial charge is 0.318 e. The van der Waals surface area contributed by atoms with Gasteiger partial charge in [0, 0.05) is 37.4 Å². The zero-order valence-corrected chi connectivity index (χ0v) is 19.2. The van der Waals surface area contributed by atoms with E-state index < -0.39 is 24.0 Å². The van der Waals surface area contributed by atoms with Gasteiger partial charge in [0.15, 0.2) is 11.6 Å². The summed E-state index contributed by atoms with van der Waals surface area (Å²) in [5.74, 6) is -1.63. The highest BCUT2D eigenvalue weighted by atomic mass is 19.3. The molecule has 10 nitrogen and oxygen atoms in total. The number of rotatable bonds is 6. The van der Waals surface area contributed by atoms with E-state index in [0.29, 0.717) is 56.3 Å². The van der Waals surface area contributed by atoms with Crippen LogP contribution in [0.2, 0.25) is 0 Å². The van der Waals surface area contributed by atoms with Gasteiger partial charge >= 0.3 is 12.4 Å². The molecule has 1 N–H and O–H groups in total. The predicted molar refractivity (Wildman–Crippen MR) is 120 cm³/mol. The van der Waals surface area contributed by atoms with Crippen LogP contribution in [0.1, 0.15) is 48.1 Å². The standard InChI is InChI=1S/C23H20F4N8O2/c24-16-7-12-5-15(6-13(12)8-17(16)25)30-22-28-9-14(10-29-22)20-32-34-23(37-20)35-3-1-11(2-4-35)19-31-33-21(36-19)18(26)27/h7-11,15,18H,1-6H2,(H,28,29,30). The quantitative estimate of drug-likeness (QED) is 0.375. The topological polar surface area (TPSA) is 119 Å². The molecule has 4 aromatic rings. The zero-order valence-electron chi connectivity index (χ0n) is 19.2. The molecule has 0 radical (unpaired) electrons. The lowest BCUT2D eigenvalue weighted by atomic mass is 9.97. The first-order chi connectivity index (χ1) is 17.9. The lowest BCUT2D eigenvalue weighted by Crippen LogP contribution is -2.33. The number of piperidine rings is 1. The van der Waals surface area contributed by atoms with Gasteiger partial charge in [-0.15, -0.1) is 15.3 Å². The van der Waals surface area contributed by atoms with Gasteiger partial charge in [-0.1, -0.05) is 5.10 Å². The summed E-state index contributed by atoms with van der Waals surface area (Å²) in [6, 6.07) is 2.73. The van der Waals surface area contributed by atoms with Crippen molar-refractivity contribution in [3.63, 3.8) is 0 Å². The Hall–Kier alpha value is -4.10. The van der Waals surface area contributed by atoms with Gasteiger partial charge < -0.3 is 19.1 Å². The molecule has 4 heterocycles. The Morgan fingerprint density at radius 1 is 0.892 bits per heavy atom. The average molecular weight is 516 g/mol. The Labute approximate surface area is 207 Å². The van der Waals surface area contributed by atoms with Crippen molar-refractivity contribution >= 4 is 12.0 Å². The van der Waals surface area contributed by atoms with Gasteiger partial charge in [-0.2, -0.15) is 8.78 Å². The molecule has 0 spiro atoms. The fourth-order valence-electron chi connectivity index (χ4n) is 4.69. The summed E-state index contributed by atoms with van der Waals surface area (Å²) in [4.78, 5) is 10.5. The van der Waals surface area contributed by atoms with Crippen LogP contribution in [0.15, 0.2) is 33.4 Å². The number of nitrogens with zero attached hydrogens (tertiary/aromatic N) is 7. The Balaban J connectivity index is 1.05. The maximum Gasteiger partial charge on any atom is 0.318 e. The number of halogens is 4. The van der Waals surface area contributed by atoms with Gasteiger partial charge in [0.25, 0.3) is 11.8 Å². The fraction of sp³-hybridized carbons (Fsp3) is 0.391. The molecule has 1 fully saturated rings. The summed E-state index contributed by atoms with van der Waals surface area (Å²) in [7, 11) is 0. The Morgan fingerprint density at radius 2 is 1.57 bits per heavy atom. The van der Waals surface area contributed by atoms with Crippen LogP contribution in [0.4, 0.5) is 29.5 Å². The molecule has 2 aliphatic rings. The van der Waals surface area contributed by atoms with Gasteiger partial charge in [0.05, 0.1) is 5.56 Å². The molecule has 1 aliphatic heterocycles. The number of nitrogens with one attached hydrogen (secondary N) is 1. The first-order valence-corrected chi connectivity index (χ1v) is 11.7. The van der Waals surface area contributed by atoms with Crippen molar-refractivity contribution in [2.45, 2.75) is 44.1 Å². The van der Waals surface area contributed by atoms with E-state index in [2.05, 4.69) is 35.7 Å². The van der Waals surface area contributed by atoms with Crippen molar-refractivity contribution in [2.75, 3.05) is 23.3 Å². The monoisotopic (exact) mass is 516 g/mol. The largest absolute Gasteiger partial charge is 0.419 e. The van der Waals surface area contributed by atoms with Crippen molar-refractivity contribution in [1.82, 2.24) is 30.4 Å². The molecular formula is C23H20F4N8O2. The molecule has 192 valence electrons. The number of anilines is 2. The molecule has 1 saturated heterocycles. The van der Waals surface area contributed by atoms with Crippen molar-refractivity contribution in [3.8, 4) is 11.5 Å².